The maximum Gasteiger partial charge on any atom is 0.356 e. The highest BCUT2D eigenvalue weighted by molar-refractivity contribution is 9.10. The van der Waals surface area contributed by atoms with Crippen LogP contribution < -0.4 is 0 Å². The number of aromatic carboxylic acids is 1. The molecule has 0 unspecified atom stereocenters. The Bertz CT molecular complexity index is 846. The molecule has 0 aliphatic heterocycles. The summed E-state index contributed by atoms with van der Waals surface area (Å²) in [6.45, 7) is 0. The first-order valence-corrected chi connectivity index (χ1v) is 7.43. The zero-order valence-corrected chi connectivity index (χ0v) is 13.4. The molecule has 7 heteroatoms. The van der Waals surface area contributed by atoms with Crippen molar-refractivity contribution in [2.75, 3.05) is 0 Å². The van der Waals surface area contributed by atoms with Crippen LogP contribution >= 0.6 is 27.5 Å². The molecule has 2 aromatic heterocycles. The van der Waals surface area contributed by atoms with Gasteiger partial charge in [0.05, 0.1) is 22.1 Å². The summed E-state index contributed by atoms with van der Waals surface area (Å²) in [4.78, 5) is 15.5. The SMILES string of the molecule is O=C(O)c1cc(-c2ccc(Br)cn2)n(-c2ccccc2Cl)n1. The van der Waals surface area contributed by atoms with E-state index in [-0.39, 0.29) is 5.69 Å². The Kier molecular flexibility index (Phi) is 3.96. The molecule has 22 heavy (non-hydrogen) atoms. The molecule has 110 valence electrons. The number of nitrogens with zero attached hydrogens (tertiary/aromatic N) is 3. The summed E-state index contributed by atoms with van der Waals surface area (Å²) in [5.74, 6) is -1.11. The standard InChI is InChI=1S/C15H9BrClN3O2/c16-9-5-6-11(18-8-9)14-7-12(15(21)22)19-20(14)13-4-2-1-3-10(13)17/h1-8H,(H,21,22). The average Bonchev–Trinajstić information content (AvgIpc) is 2.94. The lowest BCUT2D eigenvalue weighted by molar-refractivity contribution is 0.0690. The number of carbonyl (C=O) groups is 1. The molecule has 3 aromatic rings. The molecule has 0 radical (unpaired) electrons. The molecule has 2 heterocycles. The average molecular weight is 379 g/mol. The van der Waals surface area contributed by atoms with Crippen LogP contribution in [-0.4, -0.2) is 25.8 Å². The van der Waals surface area contributed by atoms with Gasteiger partial charge in [0.15, 0.2) is 5.69 Å². The van der Waals surface area contributed by atoms with Gasteiger partial charge in [-0.15, -0.1) is 0 Å². The van der Waals surface area contributed by atoms with Crippen LogP contribution in [-0.2, 0) is 0 Å². The third kappa shape index (κ3) is 2.75. The van der Waals surface area contributed by atoms with Crippen LogP contribution in [0.4, 0.5) is 0 Å². The van der Waals surface area contributed by atoms with Crippen molar-refractivity contribution in [1.82, 2.24) is 14.8 Å². The second-order valence-electron chi connectivity index (χ2n) is 4.44. The minimum absolute atomic E-state index is 0.0698. The quantitative estimate of drug-likeness (QED) is 0.746. The van der Waals surface area contributed by atoms with Gasteiger partial charge in [-0.1, -0.05) is 23.7 Å². The molecule has 0 saturated carbocycles. The molecule has 0 spiro atoms. The minimum Gasteiger partial charge on any atom is -0.476 e. The fraction of sp³-hybridized carbons (Fsp3) is 0. The van der Waals surface area contributed by atoms with Crippen LogP contribution in [0.3, 0.4) is 0 Å². The van der Waals surface area contributed by atoms with Gasteiger partial charge in [0, 0.05) is 16.7 Å². The number of pyridine rings is 1. The first-order chi connectivity index (χ1) is 10.6. The first-order valence-electron chi connectivity index (χ1n) is 6.26. The zero-order chi connectivity index (χ0) is 15.7. The van der Waals surface area contributed by atoms with Crippen molar-refractivity contribution in [3.8, 4) is 17.1 Å². The molecule has 0 fully saturated rings. The van der Waals surface area contributed by atoms with Gasteiger partial charge in [0.1, 0.15) is 0 Å². The molecule has 0 amide bonds. The Morgan fingerprint density at radius 3 is 2.64 bits per heavy atom. The topological polar surface area (TPSA) is 68.0 Å². The summed E-state index contributed by atoms with van der Waals surface area (Å²) in [5, 5.41) is 13.8. The summed E-state index contributed by atoms with van der Waals surface area (Å²) in [6.07, 6.45) is 1.64. The predicted molar refractivity (Wildman–Crippen MR) is 86.5 cm³/mol. The van der Waals surface area contributed by atoms with E-state index < -0.39 is 5.97 Å². The number of carboxylic acid groups (broad SMARTS) is 1. The largest absolute Gasteiger partial charge is 0.476 e. The fourth-order valence-corrected chi connectivity index (χ4v) is 2.45. The van der Waals surface area contributed by atoms with Crippen LogP contribution in [0, 0.1) is 0 Å². The fourth-order valence-electron chi connectivity index (χ4n) is 2.00. The smallest absolute Gasteiger partial charge is 0.356 e. The van der Waals surface area contributed by atoms with E-state index in [0.717, 1.165) is 4.47 Å². The lowest BCUT2D eigenvalue weighted by Gasteiger charge is -2.08. The summed E-state index contributed by atoms with van der Waals surface area (Å²) in [5.41, 5.74) is 1.68. The van der Waals surface area contributed by atoms with Crippen molar-refractivity contribution in [1.29, 1.82) is 0 Å². The van der Waals surface area contributed by atoms with Crippen molar-refractivity contribution in [3.05, 3.63) is 63.9 Å². The first kappa shape index (κ1) is 14.7. The van der Waals surface area contributed by atoms with Gasteiger partial charge in [-0.2, -0.15) is 5.10 Å². The van der Waals surface area contributed by atoms with Crippen LogP contribution in [0.5, 0.6) is 0 Å². The number of hydrogen-bond acceptors (Lipinski definition) is 3. The molecule has 0 aliphatic rings. The molecule has 3 rings (SSSR count). The van der Waals surface area contributed by atoms with E-state index in [9.17, 15) is 9.90 Å². The molecule has 0 atom stereocenters. The highest BCUT2D eigenvalue weighted by Gasteiger charge is 2.18. The van der Waals surface area contributed by atoms with E-state index in [4.69, 9.17) is 11.6 Å². The maximum atomic E-state index is 11.2. The van der Waals surface area contributed by atoms with Gasteiger partial charge in [0.25, 0.3) is 0 Å². The van der Waals surface area contributed by atoms with Gasteiger partial charge >= 0.3 is 5.97 Å². The van der Waals surface area contributed by atoms with Crippen molar-refractivity contribution >= 4 is 33.5 Å². The third-order valence-corrected chi connectivity index (χ3v) is 3.79. The normalized spacial score (nSPS) is 10.6. The Hall–Kier alpha value is -2.18. The van der Waals surface area contributed by atoms with Crippen LogP contribution in [0.15, 0.2) is 53.1 Å². The number of aromatic nitrogens is 3. The van der Waals surface area contributed by atoms with Gasteiger partial charge < -0.3 is 5.11 Å². The van der Waals surface area contributed by atoms with Crippen LogP contribution in [0.25, 0.3) is 17.1 Å². The van der Waals surface area contributed by atoms with Gasteiger partial charge in [-0.05, 0) is 40.2 Å². The van der Waals surface area contributed by atoms with Gasteiger partial charge in [0.2, 0.25) is 0 Å². The number of benzene rings is 1. The zero-order valence-electron chi connectivity index (χ0n) is 11.1. The molecule has 0 saturated heterocycles. The maximum absolute atomic E-state index is 11.2. The highest BCUT2D eigenvalue weighted by Crippen LogP contribution is 2.27. The van der Waals surface area contributed by atoms with Gasteiger partial charge in [-0.3, -0.25) is 4.98 Å². The molecule has 1 N–H and O–H groups in total. The monoisotopic (exact) mass is 377 g/mol. The van der Waals surface area contributed by atoms with E-state index in [2.05, 4.69) is 26.0 Å². The number of hydrogen-bond donors (Lipinski definition) is 1. The second-order valence-corrected chi connectivity index (χ2v) is 5.77. The molecule has 0 aliphatic carbocycles. The Morgan fingerprint density at radius 2 is 2.00 bits per heavy atom. The minimum atomic E-state index is -1.11. The van der Waals surface area contributed by atoms with Crippen molar-refractivity contribution in [2.24, 2.45) is 0 Å². The molecule has 0 bridgehead atoms. The van der Waals surface area contributed by atoms with E-state index in [1.165, 1.54) is 10.7 Å². The number of carboxylic acids is 1. The second kappa shape index (κ2) is 5.90. The van der Waals surface area contributed by atoms with Crippen molar-refractivity contribution in [3.63, 3.8) is 0 Å². The predicted octanol–water partition coefficient (Wildman–Crippen LogP) is 4.05. The highest BCUT2D eigenvalue weighted by atomic mass is 79.9. The van der Waals surface area contributed by atoms with Gasteiger partial charge in [-0.25, -0.2) is 9.48 Å². The lowest BCUT2D eigenvalue weighted by Crippen LogP contribution is -2.03. The summed E-state index contributed by atoms with van der Waals surface area (Å²) >= 11 is 9.52. The van der Waals surface area contributed by atoms with Crippen molar-refractivity contribution in [2.45, 2.75) is 0 Å². The lowest BCUT2D eigenvalue weighted by atomic mass is 10.2. The Balaban J connectivity index is 2.23. The molecule has 1 aromatic carbocycles. The van der Waals surface area contributed by atoms with Crippen LogP contribution in [0.2, 0.25) is 5.02 Å². The summed E-state index contributed by atoms with van der Waals surface area (Å²) in [7, 11) is 0. The van der Waals surface area contributed by atoms with Crippen LogP contribution in [0.1, 0.15) is 10.5 Å². The number of para-hydroxylation sites is 1. The van der Waals surface area contributed by atoms with E-state index >= 15 is 0 Å². The summed E-state index contributed by atoms with van der Waals surface area (Å²) < 4.78 is 2.32. The van der Waals surface area contributed by atoms with Crippen molar-refractivity contribution < 1.29 is 9.90 Å². The third-order valence-electron chi connectivity index (χ3n) is 3.00. The molecule has 5 nitrogen and oxygen atoms in total. The Morgan fingerprint density at radius 1 is 1.23 bits per heavy atom. The summed E-state index contributed by atoms with van der Waals surface area (Å²) in [6, 6.07) is 12.2. The van der Waals surface area contributed by atoms with E-state index in [0.29, 0.717) is 22.1 Å². The number of rotatable bonds is 3. The molecular weight excluding hydrogens is 370 g/mol. The molecular formula is C15H9BrClN3O2. The number of halogens is 2. The Labute approximate surface area is 139 Å². The van der Waals surface area contributed by atoms with E-state index in [1.54, 1.807) is 30.5 Å². The van der Waals surface area contributed by atoms with E-state index in [1.807, 2.05) is 12.1 Å².